The Morgan fingerprint density at radius 2 is 1.94 bits per heavy atom. The van der Waals surface area contributed by atoms with Crippen molar-refractivity contribution in [2.24, 2.45) is 0 Å². The Labute approximate surface area is 112 Å². The first-order chi connectivity index (χ1) is 8.69. The van der Waals surface area contributed by atoms with Crippen molar-refractivity contribution in [2.45, 2.75) is 5.88 Å². The third kappa shape index (κ3) is 3.14. The van der Waals surface area contributed by atoms with Gasteiger partial charge in [0.25, 0.3) is 0 Å². The maximum Gasteiger partial charge on any atom is 0.219 e. The van der Waals surface area contributed by atoms with Gasteiger partial charge in [0, 0.05) is 31.9 Å². The Kier molecular flexibility index (Phi) is 4.05. The fraction of sp³-hybridized carbons (Fsp3) is 0.214. The van der Waals surface area contributed by atoms with Gasteiger partial charge < -0.3 is 9.64 Å². The van der Waals surface area contributed by atoms with E-state index in [1.165, 1.54) is 0 Å². The topological polar surface area (TPSA) is 25.4 Å². The Hall–Kier alpha value is -1.74. The van der Waals surface area contributed by atoms with E-state index in [0.29, 0.717) is 11.8 Å². The Balaban J connectivity index is 2.20. The SMILES string of the molecule is CN(C)c1cccc(Oc2cccc(CCl)n2)c1. The normalized spacial score (nSPS) is 10.2. The van der Waals surface area contributed by atoms with Crippen LogP contribution in [0.3, 0.4) is 0 Å². The van der Waals surface area contributed by atoms with Crippen LogP contribution in [0.25, 0.3) is 0 Å². The van der Waals surface area contributed by atoms with Crippen LogP contribution in [0, 0.1) is 0 Å². The van der Waals surface area contributed by atoms with Crippen LogP contribution in [-0.4, -0.2) is 19.1 Å². The fourth-order valence-corrected chi connectivity index (χ4v) is 1.68. The van der Waals surface area contributed by atoms with Gasteiger partial charge in [-0.25, -0.2) is 4.98 Å². The molecule has 0 amide bonds. The van der Waals surface area contributed by atoms with Crippen molar-refractivity contribution in [1.29, 1.82) is 0 Å². The highest BCUT2D eigenvalue weighted by molar-refractivity contribution is 6.16. The highest BCUT2D eigenvalue weighted by atomic mass is 35.5. The van der Waals surface area contributed by atoms with Gasteiger partial charge in [0.05, 0.1) is 11.6 Å². The van der Waals surface area contributed by atoms with E-state index in [2.05, 4.69) is 4.98 Å². The van der Waals surface area contributed by atoms with Crippen LogP contribution >= 0.6 is 11.6 Å². The molecule has 0 spiro atoms. The first-order valence-corrected chi connectivity index (χ1v) is 6.19. The smallest absolute Gasteiger partial charge is 0.219 e. The maximum atomic E-state index is 5.74. The zero-order valence-corrected chi connectivity index (χ0v) is 11.2. The number of nitrogens with zero attached hydrogens (tertiary/aromatic N) is 2. The van der Waals surface area contributed by atoms with E-state index in [0.717, 1.165) is 17.1 Å². The molecule has 4 heteroatoms. The minimum atomic E-state index is 0.384. The molecule has 0 saturated heterocycles. The van der Waals surface area contributed by atoms with Crippen molar-refractivity contribution >= 4 is 17.3 Å². The van der Waals surface area contributed by atoms with Gasteiger partial charge in [-0.2, -0.15) is 0 Å². The highest BCUT2D eigenvalue weighted by Gasteiger charge is 2.02. The minimum Gasteiger partial charge on any atom is -0.439 e. The summed E-state index contributed by atoms with van der Waals surface area (Å²) >= 11 is 5.74. The van der Waals surface area contributed by atoms with Gasteiger partial charge in [0.15, 0.2) is 0 Å². The van der Waals surface area contributed by atoms with E-state index in [1.807, 2.05) is 61.5 Å². The summed E-state index contributed by atoms with van der Waals surface area (Å²) in [5, 5.41) is 0. The number of hydrogen-bond donors (Lipinski definition) is 0. The zero-order valence-electron chi connectivity index (χ0n) is 10.4. The lowest BCUT2D eigenvalue weighted by Crippen LogP contribution is -2.08. The molecule has 0 bridgehead atoms. The molecule has 0 aliphatic rings. The summed E-state index contributed by atoms with van der Waals surface area (Å²) in [6.45, 7) is 0. The third-order valence-corrected chi connectivity index (χ3v) is 2.75. The molecule has 94 valence electrons. The summed E-state index contributed by atoms with van der Waals surface area (Å²) in [5.74, 6) is 1.71. The average molecular weight is 263 g/mol. The Morgan fingerprint density at radius 3 is 2.67 bits per heavy atom. The van der Waals surface area contributed by atoms with Gasteiger partial charge in [-0.05, 0) is 18.2 Å². The van der Waals surface area contributed by atoms with Gasteiger partial charge in [-0.15, -0.1) is 11.6 Å². The molecule has 0 aliphatic carbocycles. The lowest BCUT2D eigenvalue weighted by molar-refractivity contribution is 0.461. The molecule has 18 heavy (non-hydrogen) atoms. The lowest BCUT2D eigenvalue weighted by Gasteiger charge is -2.13. The summed E-state index contributed by atoms with van der Waals surface area (Å²) in [6, 6.07) is 13.4. The third-order valence-electron chi connectivity index (χ3n) is 2.47. The second-order valence-corrected chi connectivity index (χ2v) is 4.36. The molecular formula is C14H15ClN2O. The molecule has 0 saturated carbocycles. The quantitative estimate of drug-likeness (QED) is 0.786. The average Bonchev–Trinajstić information content (AvgIpc) is 2.39. The largest absolute Gasteiger partial charge is 0.439 e. The van der Waals surface area contributed by atoms with Crippen molar-refractivity contribution in [3.63, 3.8) is 0 Å². The van der Waals surface area contributed by atoms with Crippen LogP contribution in [0.2, 0.25) is 0 Å². The molecule has 0 N–H and O–H groups in total. The molecule has 0 aliphatic heterocycles. The van der Waals surface area contributed by atoms with Gasteiger partial charge >= 0.3 is 0 Å². The molecule has 3 nitrogen and oxygen atoms in total. The molecule has 2 rings (SSSR count). The van der Waals surface area contributed by atoms with Crippen LogP contribution in [0.15, 0.2) is 42.5 Å². The van der Waals surface area contributed by atoms with Crippen molar-refractivity contribution in [1.82, 2.24) is 4.98 Å². The minimum absolute atomic E-state index is 0.384. The standard InChI is InChI=1S/C14H15ClN2O/c1-17(2)12-6-4-7-13(9-12)18-14-8-3-5-11(10-15)16-14/h3-9H,10H2,1-2H3. The van der Waals surface area contributed by atoms with Crippen LogP contribution in [0.4, 0.5) is 5.69 Å². The number of alkyl halides is 1. The van der Waals surface area contributed by atoms with E-state index >= 15 is 0 Å². The summed E-state index contributed by atoms with van der Waals surface area (Å²) < 4.78 is 5.72. The monoisotopic (exact) mass is 262 g/mol. The number of hydrogen-bond acceptors (Lipinski definition) is 3. The van der Waals surface area contributed by atoms with Gasteiger partial charge in [0.1, 0.15) is 5.75 Å². The number of aromatic nitrogens is 1. The van der Waals surface area contributed by atoms with Gasteiger partial charge in [0.2, 0.25) is 5.88 Å². The summed E-state index contributed by atoms with van der Waals surface area (Å²) in [6.07, 6.45) is 0. The number of ether oxygens (including phenoxy) is 1. The number of rotatable bonds is 4. The van der Waals surface area contributed by atoms with Crippen molar-refractivity contribution in [3.8, 4) is 11.6 Å². The second kappa shape index (κ2) is 5.74. The number of pyridine rings is 1. The van der Waals surface area contributed by atoms with Crippen LogP contribution in [-0.2, 0) is 5.88 Å². The molecule has 2 aromatic rings. The van der Waals surface area contributed by atoms with Crippen LogP contribution < -0.4 is 9.64 Å². The molecule has 1 aromatic heterocycles. The second-order valence-electron chi connectivity index (χ2n) is 4.09. The van der Waals surface area contributed by atoms with E-state index < -0.39 is 0 Å². The summed E-state index contributed by atoms with van der Waals surface area (Å²) in [4.78, 5) is 6.32. The molecular weight excluding hydrogens is 248 g/mol. The maximum absolute atomic E-state index is 5.74. The number of halogens is 1. The lowest BCUT2D eigenvalue weighted by atomic mass is 10.3. The van der Waals surface area contributed by atoms with E-state index in [1.54, 1.807) is 0 Å². The van der Waals surface area contributed by atoms with E-state index in [-0.39, 0.29) is 0 Å². The zero-order chi connectivity index (χ0) is 13.0. The Bertz CT molecular complexity index is 529. The van der Waals surface area contributed by atoms with E-state index in [9.17, 15) is 0 Å². The number of anilines is 1. The summed E-state index contributed by atoms with van der Waals surface area (Å²) in [5.41, 5.74) is 1.89. The molecule has 1 aromatic carbocycles. The molecule has 0 fully saturated rings. The van der Waals surface area contributed by atoms with Gasteiger partial charge in [-0.3, -0.25) is 0 Å². The molecule has 0 atom stereocenters. The predicted molar refractivity (Wildman–Crippen MR) is 74.6 cm³/mol. The molecule has 0 radical (unpaired) electrons. The van der Waals surface area contributed by atoms with Crippen LogP contribution in [0.5, 0.6) is 11.6 Å². The fourth-order valence-electron chi connectivity index (χ4n) is 1.53. The van der Waals surface area contributed by atoms with Gasteiger partial charge in [-0.1, -0.05) is 12.1 Å². The van der Waals surface area contributed by atoms with Crippen molar-refractivity contribution in [3.05, 3.63) is 48.2 Å². The van der Waals surface area contributed by atoms with E-state index in [4.69, 9.17) is 16.3 Å². The van der Waals surface area contributed by atoms with Crippen molar-refractivity contribution < 1.29 is 4.74 Å². The first-order valence-electron chi connectivity index (χ1n) is 5.66. The molecule has 1 heterocycles. The summed E-state index contributed by atoms with van der Waals surface area (Å²) in [7, 11) is 3.98. The molecule has 0 unspecified atom stereocenters. The number of benzene rings is 1. The van der Waals surface area contributed by atoms with Crippen molar-refractivity contribution in [2.75, 3.05) is 19.0 Å². The predicted octanol–water partition coefficient (Wildman–Crippen LogP) is 3.68. The highest BCUT2D eigenvalue weighted by Crippen LogP contribution is 2.24. The first kappa shape index (κ1) is 12.7. The van der Waals surface area contributed by atoms with Crippen LogP contribution in [0.1, 0.15) is 5.69 Å². The Morgan fingerprint density at radius 1 is 1.17 bits per heavy atom.